The highest BCUT2D eigenvalue weighted by atomic mass is 19.1. The van der Waals surface area contributed by atoms with Crippen LogP contribution in [0.5, 0.6) is 0 Å². The number of Topliss-reactive ketones (excluding diaryl/α,β-unsaturated/α-hetero) is 1. The molecule has 0 atom stereocenters. The lowest BCUT2D eigenvalue weighted by atomic mass is 9.73. The fraction of sp³-hybridized carbons (Fsp3) is 0.536. The lowest BCUT2D eigenvalue weighted by Gasteiger charge is -2.32. The molecular formula is C28H35FO. The van der Waals surface area contributed by atoms with E-state index in [0.717, 1.165) is 37.2 Å². The maximum atomic E-state index is 13.3. The summed E-state index contributed by atoms with van der Waals surface area (Å²) in [5.74, 6) is 2.56. The van der Waals surface area contributed by atoms with Crippen molar-refractivity contribution in [2.24, 2.45) is 5.92 Å². The Kier molecular flexibility index (Phi) is 6.71. The van der Waals surface area contributed by atoms with Crippen LogP contribution in [0.25, 0.3) is 0 Å². The van der Waals surface area contributed by atoms with Crippen LogP contribution in [-0.2, 0) is 0 Å². The quantitative estimate of drug-likeness (QED) is 0.458. The molecule has 0 bridgehead atoms. The van der Waals surface area contributed by atoms with Gasteiger partial charge in [0.15, 0.2) is 5.78 Å². The molecule has 2 aliphatic carbocycles. The summed E-state index contributed by atoms with van der Waals surface area (Å²) in [5, 5.41) is 0. The van der Waals surface area contributed by atoms with Gasteiger partial charge < -0.3 is 0 Å². The fourth-order valence-corrected chi connectivity index (χ4v) is 5.87. The molecule has 0 unspecified atom stereocenters. The topological polar surface area (TPSA) is 17.1 Å². The number of benzene rings is 2. The number of carbonyl (C=O) groups is 1. The monoisotopic (exact) mass is 406 g/mol. The van der Waals surface area contributed by atoms with Crippen molar-refractivity contribution < 1.29 is 9.18 Å². The number of carbonyl (C=O) groups excluding carboxylic acids is 1. The summed E-state index contributed by atoms with van der Waals surface area (Å²) in [6.45, 7) is 4.02. The maximum Gasteiger partial charge on any atom is 0.160 e. The summed E-state index contributed by atoms with van der Waals surface area (Å²) in [6.07, 6.45) is 11.0. The van der Waals surface area contributed by atoms with Gasteiger partial charge in [-0.15, -0.1) is 0 Å². The van der Waals surface area contributed by atoms with Gasteiger partial charge in [-0.05, 0) is 111 Å². The molecule has 2 heteroatoms. The third-order valence-electron chi connectivity index (χ3n) is 7.86. The Morgan fingerprint density at radius 3 is 1.93 bits per heavy atom. The van der Waals surface area contributed by atoms with Crippen LogP contribution in [0.15, 0.2) is 42.5 Å². The molecule has 160 valence electrons. The minimum atomic E-state index is -0.164. The van der Waals surface area contributed by atoms with Crippen LogP contribution in [0.2, 0.25) is 0 Å². The molecule has 2 saturated carbocycles. The van der Waals surface area contributed by atoms with Gasteiger partial charge in [-0.2, -0.15) is 0 Å². The highest BCUT2D eigenvalue weighted by Crippen LogP contribution is 2.43. The van der Waals surface area contributed by atoms with Gasteiger partial charge in [-0.3, -0.25) is 4.79 Å². The molecular weight excluding hydrogens is 371 g/mol. The van der Waals surface area contributed by atoms with Crippen LogP contribution in [-0.4, -0.2) is 5.78 Å². The summed E-state index contributed by atoms with van der Waals surface area (Å²) in [6, 6.07) is 13.7. The standard InChI is InChI=1S/C28H35FO/c1-3-20-4-6-23(7-5-20)25-14-17-27(19(2)30)28(18-25)24-10-8-21(9-11-24)22-12-15-26(29)16-13-22/h12-18,20-21,23-24H,3-11H2,1-2H3. The molecule has 0 saturated heterocycles. The number of hydrogen-bond donors (Lipinski definition) is 0. The normalized spacial score (nSPS) is 27.0. The molecule has 0 N–H and O–H groups in total. The van der Waals surface area contributed by atoms with Gasteiger partial charge in [0.2, 0.25) is 0 Å². The van der Waals surface area contributed by atoms with Crippen LogP contribution < -0.4 is 0 Å². The summed E-state index contributed by atoms with van der Waals surface area (Å²) < 4.78 is 13.3. The predicted molar refractivity (Wildman–Crippen MR) is 122 cm³/mol. The molecule has 0 radical (unpaired) electrons. The SMILES string of the molecule is CCC1CCC(c2ccc(C(C)=O)c(C3CCC(c4ccc(F)cc4)CC3)c2)CC1. The first-order valence-electron chi connectivity index (χ1n) is 11.9. The Hall–Kier alpha value is -1.96. The van der Waals surface area contributed by atoms with Gasteiger partial charge in [-0.25, -0.2) is 4.39 Å². The first-order valence-corrected chi connectivity index (χ1v) is 11.9. The smallest absolute Gasteiger partial charge is 0.160 e. The summed E-state index contributed by atoms with van der Waals surface area (Å²) in [4.78, 5) is 12.4. The second-order valence-corrected chi connectivity index (χ2v) is 9.63. The van der Waals surface area contributed by atoms with E-state index in [1.165, 1.54) is 48.8 Å². The highest BCUT2D eigenvalue weighted by molar-refractivity contribution is 5.95. The number of rotatable bonds is 5. The van der Waals surface area contributed by atoms with Crippen LogP contribution in [0.4, 0.5) is 4.39 Å². The van der Waals surface area contributed by atoms with Crippen molar-refractivity contribution in [2.45, 2.75) is 89.4 Å². The number of halogens is 1. The van der Waals surface area contributed by atoms with Gasteiger partial charge in [0.25, 0.3) is 0 Å². The van der Waals surface area contributed by atoms with Crippen molar-refractivity contribution in [3.63, 3.8) is 0 Å². The Balaban J connectivity index is 1.50. The Labute approximate surface area is 181 Å². The number of hydrogen-bond acceptors (Lipinski definition) is 1. The van der Waals surface area contributed by atoms with E-state index in [-0.39, 0.29) is 11.6 Å². The first kappa shape index (κ1) is 21.3. The molecule has 2 fully saturated rings. The molecule has 2 aromatic carbocycles. The van der Waals surface area contributed by atoms with E-state index in [9.17, 15) is 9.18 Å². The van der Waals surface area contributed by atoms with Crippen LogP contribution >= 0.6 is 0 Å². The van der Waals surface area contributed by atoms with E-state index in [1.54, 1.807) is 19.1 Å². The molecule has 0 aliphatic heterocycles. The van der Waals surface area contributed by atoms with Crippen molar-refractivity contribution >= 4 is 5.78 Å². The van der Waals surface area contributed by atoms with Crippen molar-refractivity contribution in [1.82, 2.24) is 0 Å². The van der Waals surface area contributed by atoms with Crippen molar-refractivity contribution in [2.75, 3.05) is 0 Å². The first-order chi connectivity index (χ1) is 14.5. The average Bonchev–Trinajstić information content (AvgIpc) is 2.79. The molecule has 2 aromatic rings. The largest absolute Gasteiger partial charge is 0.295 e. The Bertz CT molecular complexity index is 853. The third kappa shape index (κ3) is 4.68. The van der Waals surface area contributed by atoms with E-state index >= 15 is 0 Å². The van der Waals surface area contributed by atoms with E-state index in [1.807, 2.05) is 12.1 Å². The lowest BCUT2D eigenvalue weighted by molar-refractivity contribution is 0.101. The summed E-state index contributed by atoms with van der Waals surface area (Å²) in [7, 11) is 0. The Morgan fingerprint density at radius 1 is 0.800 bits per heavy atom. The van der Waals surface area contributed by atoms with Gasteiger partial charge in [0.05, 0.1) is 0 Å². The molecule has 0 amide bonds. The lowest BCUT2D eigenvalue weighted by Crippen LogP contribution is -2.16. The van der Waals surface area contributed by atoms with Crippen LogP contribution in [0, 0.1) is 11.7 Å². The van der Waals surface area contributed by atoms with Crippen molar-refractivity contribution in [3.05, 3.63) is 70.5 Å². The van der Waals surface area contributed by atoms with Crippen LogP contribution in [0.1, 0.15) is 116 Å². The predicted octanol–water partition coefficient (Wildman–Crippen LogP) is 8.15. The van der Waals surface area contributed by atoms with E-state index < -0.39 is 0 Å². The second-order valence-electron chi connectivity index (χ2n) is 9.63. The van der Waals surface area contributed by atoms with E-state index in [4.69, 9.17) is 0 Å². The maximum absolute atomic E-state index is 13.3. The molecule has 0 spiro atoms. The van der Waals surface area contributed by atoms with Gasteiger partial charge >= 0.3 is 0 Å². The highest BCUT2D eigenvalue weighted by Gasteiger charge is 2.28. The van der Waals surface area contributed by atoms with Crippen molar-refractivity contribution in [3.8, 4) is 0 Å². The van der Waals surface area contributed by atoms with Crippen molar-refractivity contribution in [1.29, 1.82) is 0 Å². The molecule has 2 aliphatic rings. The third-order valence-corrected chi connectivity index (χ3v) is 7.86. The Morgan fingerprint density at radius 2 is 1.33 bits per heavy atom. The van der Waals surface area contributed by atoms with Gasteiger partial charge in [0, 0.05) is 5.56 Å². The molecule has 4 rings (SSSR count). The molecule has 0 aromatic heterocycles. The van der Waals surface area contributed by atoms with Gasteiger partial charge in [0.1, 0.15) is 5.82 Å². The molecule has 30 heavy (non-hydrogen) atoms. The van der Waals surface area contributed by atoms with Crippen LogP contribution in [0.3, 0.4) is 0 Å². The minimum Gasteiger partial charge on any atom is -0.295 e. The zero-order chi connectivity index (χ0) is 21.1. The molecule has 0 heterocycles. The second kappa shape index (κ2) is 9.45. The van der Waals surface area contributed by atoms with E-state index in [2.05, 4.69) is 25.1 Å². The minimum absolute atomic E-state index is 0.164. The zero-order valence-corrected chi connectivity index (χ0v) is 18.5. The molecule has 1 nitrogen and oxygen atoms in total. The van der Waals surface area contributed by atoms with Gasteiger partial charge in [-0.1, -0.05) is 43.7 Å². The summed E-state index contributed by atoms with van der Waals surface area (Å²) >= 11 is 0. The fourth-order valence-electron chi connectivity index (χ4n) is 5.87. The number of ketones is 1. The average molecular weight is 407 g/mol. The zero-order valence-electron chi connectivity index (χ0n) is 18.5. The van der Waals surface area contributed by atoms with E-state index in [0.29, 0.717) is 17.8 Å². The summed E-state index contributed by atoms with van der Waals surface area (Å²) in [5.41, 5.74) is 4.91.